The summed E-state index contributed by atoms with van der Waals surface area (Å²) in [6.45, 7) is 9.58. The number of benzene rings is 2. The summed E-state index contributed by atoms with van der Waals surface area (Å²) >= 11 is 0. The molecule has 190 valence electrons. The Labute approximate surface area is 209 Å². The molecule has 4 rings (SSSR count). The van der Waals surface area contributed by atoms with Crippen LogP contribution in [0.5, 0.6) is 0 Å². The van der Waals surface area contributed by atoms with E-state index < -0.39 is 0 Å². The number of halogens is 1. The van der Waals surface area contributed by atoms with Crippen molar-refractivity contribution in [2.45, 2.75) is 53.2 Å². The highest BCUT2D eigenvalue weighted by Crippen LogP contribution is 2.29. The minimum atomic E-state index is -0.294. The van der Waals surface area contributed by atoms with E-state index in [1.807, 2.05) is 26.0 Å². The molecular weight excluding hydrogens is 459 g/mol. The predicted molar refractivity (Wildman–Crippen MR) is 137 cm³/mol. The fourth-order valence-corrected chi connectivity index (χ4v) is 4.73. The normalized spacial score (nSPS) is 12.7. The fraction of sp³-hybridized carbons (Fsp3) is 0.407. The van der Waals surface area contributed by atoms with Crippen molar-refractivity contribution in [3.05, 3.63) is 86.7 Å². The van der Waals surface area contributed by atoms with Crippen molar-refractivity contribution in [3.63, 3.8) is 0 Å². The summed E-state index contributed by atoms with van der Waals surface area (Å²) in [4.78, 5) is 18.3. The molecule has 0 saturated heterocycles. The highest BCUT2D eigenvalue weighted by atomic mass is 19.1. The lowest BCUT2D eigenvalue weighted by Gasteiger charge is -2.33. The number of fused-ring (bicyclic) bond motifs is 1. The molecule has 1 unspecified atom stereocenters. The second-order valence-electron chi connectivity index (χ2n) is 9.67. The highest BCUT2D eigenvalue weighted by molar-refractivity contribution is 5.85. The summed E-state index contributed by atoms with van der Waals surface area (Å²) in [6, 6.07) is 12.1. The van der Waals surface area contributed by atoms with E-state index in [0.717, 1.165) is 27.6 Å². The Balaban J connectivity index is 1.71. The number of nitrogens with one attached hydrogen (secondary N) is 1. The van der Waals surface area contributed by atoms with Crippen LogP contribution in [0.4, 0.5) is 4.39 Å². The summed E-state index contributed by atoms with van der Waals surface area (Å²) in [7, 11) is 0. The molecule has 9 heteroatoms. The molecule has 4 aromatic rings. The van der Waals surface area contributed by atoms with Crippen molar-refractivity contribution < 1.29 is 9.50 Å². The molecule has 2 N–H and O–H groups in total. The van der Waals surface area contributed by atoms with Crippen LogP contribution in [0.15, 0.2) is 47.3 Å². The van der Waals surface area contributed by atoms with Crippen molar-refractivity contribution in [3.8, 4) is 0 Å². The lowest BCUT2D eigenvalue weighted by molar-refractivity contribution is 0.122. The summed E-state index contributed by atoms with van der Waals surface area (Å²) in [5, 5.41) is 23.1. The Morgan fingerprint density at radius 2 is 1.83 bits per heavy atom. The number of aliphatic hydroxyl groups is 1. The smallest absolute Gasteiger partial charge is 0.252 e. The first-order chi connectivity index (χ1) is 17.3. The molecule has 2 aromatic carbocycles. The zero-order valence-electron chi connectivity index (χ0n) is 21.2. The third-order valence-electron chi connectivity index (χ3n) is 6.59. The Hall–Kier alpha value is -3.43. The van der Waals surface area contributed by atoms with Crippen LogP contribution in [0, 0.1) is 25.6 Å². The molecule has 0 aliphatic heterocycles. The number of aromatic nitrogens is 5. The number of H-pyrrole nitrogens is 1. The molecule has 8 nitrogen and oxygen atoms in total. The molecule has 0 spiro atoms. The number of rotatable bonds is 10. The maximum absolute atomic E-state index is 13.4. The van der Waals surface area contributed by atoms with Gasteiger partial charge in [0.05, 0.1) is 18.1 Å². The lowest BCUT2D eigenvalue weighted by atomic mass is 9.99. The number of pyridine rings is 1. The van der Waals surface area contributed by atoms with E-state index >= 15 is 0 Å². The number of nitrogens with zero attached hydrogens (tertiary/aromatic N) is 5. The monoisotopic (exact) mass is 492 g/mol. The van der Waals surface area contributed by atoms with Gasteiger partial charge in [-0.2, -0.15) is 0 Å². The van der Waals surface area contributed by atoms with Crippen LogP contribution in [0.2, 0.25) is 0 Å². The van der Waals surface area contributed by atoms with Crippen LogP contribution in [0.25, 0.3) is 10.9 Å². The van der Waals surface area contributed by atoms with Crippen molar-refractivity contribution >= 4 is 10.9 Å². The van der Waals surface area contributed by atoms with Crippen LogP contribution in [0.3, 0.4) is 0 Å². The van der Waals surface area contributed by atoms with E-state index in [1.54, 1.807) is 16.8 Å². The zero-order valence-corrected chi connectivity index (χ0v) is 21.2. The number of tetrazole rings is 1. The second-order valence-corrected chi connectivity index (χ2v) is 9.67. The van der Waals surface area contributed by atoms with Crippen LogP contribution in [0.1, 0.15) is 54.4 Å². The summed E-state index contributed by atoms with van der Waals surface area (Å²) in [5.74, 6) is 0.485. The van der Waals surface area contributed by atoms with E-state index in [1.165, 1.54) is 12.1 Å². The van der Waals surface area contributed by atoms with Crippen molar-refractivity contribution in [2.24, 2.45) is 5.92 Å². The first-order valence-corrected chi connectivity index (χ1v) is 12.3. The van der Waals surface area contributed by atoms with Gasteiger partial charge in [0.15, 0.2) is 5.82 Å². The minimum absolute atomic E-state index is 0.0359. The zero-order chi connectivity index (χ0) is 25.8. The largest absolute Gasteiger partial charge is 0.396 e. The third kappa shape index (κ3) is 5.52. The van der Waals surface area contributed by atoms with E-state index in [0.29, 0.717) is 37.4 Å². The molecule has 0 amide bonds. The van der Waals surface area contributed by atoms with Crippen molar-refractivity contribution in [1.29, 1.82) is 0 Å². The first kappa shape index (κ1) is 25.7. The molecule has 1 atom stereocenters. The summed E-state index contributed by atoms with van der Waals surface area (Å²) in [6.07, 6.45) is 0.548. The van der Waals surface area contributed by atoms with Crippen LogP contribution < -0.4 is 5.56 Å². The van der Waals surface area contributed by atoms with Gasteiger partial charge in [-0.3, -0.25) is 9.69 Å². The average molecular weight is 493 g/mol. The number of aliphatic hydroxyl groups excluding tert-OH is 1. The molecular formula is C27H33FN6O2. The molecule has 0 fully saturated rings. The van der Waals surface area contributed by atoms with E-state index in [4.69, 9.17) is 0 Å². The predicted octanol–water partition coefficient (Wildman–Crippen LogP) is 3.90. The highest BCUT2D eigenvalue weighted by Gasteiger charge is 2.29. The first-order valence-electron chi connectivity index (χ1n) is 12.3. The van der Waals surface area contributed by atoms with Crippen molar-refractivity contribution in [2.75, 3.05) is 13.2 Å². The van der Waals surface area contributed by atoms with Crippen LogP contribution in [-0.2, 0) is 13.1 Å². The van der Waals surface area contributed by atoms with Gasteiger partial charge in [-0.15, -0.1) is 5.10 Å². The third-order valence-corrected chi connectivity index (χ3v) is 6.59. The summed E-state index contributed by atoms with van der Waals surface area (Å²) < 4.78 is 15.1. The molecule has 2 aromatic heterocycles. The maximum atomic E-state index is 13.4. The van der Waals surface area contributed by atoms with Crippen LogP contribution >= 0.6 is 0 Å². The number of hydrogen-bond acceptors (Lipinski definition) is 6. The molecule has 36 heavy (non-hydrogen) atoms. The van der Waals surface area contributed by atoms with Crippen molar-refractivity contribution in [1.82, 2.24) is 30.1 Å². The molecule has 0 saturated carbocycles. The van der Waals surface area contributed by atoms with Gasteiger partial charge in [0.1, 0.15) is 5.82 Å². The van der Waals surface area contributed by atoms with Gasteiger partial charge in [0.25, 0.3) is 5.56 Å². The van der Waals surface area contributed by atoms with Crippen LogP contribution in [-0.4, -0.2) is 48.3 Å². The van der Waals surface area contributed by atoms with Gasteiger partial charge in [-0.25, -0.2) is 9.07 Å². The number of aryl methyl sites for hydroxylation is 2. The van der Waals surface area contributed by atoms with Gasteiger partial charge in [-0.1, -0.05) is 38.1 Å². The second kappa shape index (κ2) is 11.1. The number of hydrogen-bond donors (Lipinski definition) is 2. The quantitative estimate of drug-likeness (QED) is 0.348. The average Bonchev–Trinajstić information content (AvgIpc) is 3.29. The fourth-order valence-electron chi connectivity index (χ4n) is 4.73. The lowest BCUT2D eigenvalue weighted by Crippen LogP contribution is -2.36. The summed E-state index contributed by atoms with van der Waals surface area (Å²) in [5.41, 5.74) is 4.38. The molecule has 2 heterocycles. The topological polar surface area (TPSA) is 99.9 Å². The Bertz CT molecular complexity index is 1380. The Kier molecular flexibility index (Phi) is 7.91. The molecule has 0 aliphatic rings. The van der Waals surface area contributed by atoms with E-state index in [2.05, 4.69) is 45.3 Å². The van der Waals surface area contributed by atoms with Gasteiger partial charge in [0.2, 0.25) is 0 Å². The van der Waals surface area contributed by atoms with Gasteiger partial charge < -0.3 is 10.1 Å². The number of aromatic amines is 1. The molecule has 0 radical (unpaired) electrons. The Morgan fingerprint density at radius 3 is 2.53 bits per heavy atom. The van der Waals surface area contributed by atoms with Gasteiger partial charge >= 0.3 is 0 Å². The molecule has 0 bridgehead atoms. The SMILES string of the molecule is Cc1ccc(C)c2[nH]c(=O)c(CN(CCCO)C(c3nnnn3Cc3ccc(F)cc3)C(C)C)cc12. The maximum Gasteiger partial charge on any atom is 0.252 e. The minimum Gasteiger partial charge on any atom is -0.396 e. The Morgan fingerprint density at radius 1 is 1.11 bits per heavy atom. The van der Waals surface area contributed by atoms with Gasteiger partial charge in [-0.05, 0) is 71.5 Å². The van der Waals surface area contributed by atoms with Gasteiger partial charge in [0, 0.05) is 30.6 Å². The van der Waals surface area contributed by atoms with E-state index in [-0.39, 0.29) is 29.9 Å². The standard InChI is InChI=1S/C27H33FN6O2/c1-17(2)25(26-30-31-32-34(26)15-20-8-10-22(28)11-9-20)33(12-5-13-35)16-21-14-23-18(3)6-7-19(4)24(23)29-27(21)36/h6-11,14,17,25,35H,5,12-13,15-16H2,1-4H3,(H,29,36). The molecule has 0 aliphatic carbocycles. The van der Waals surface area contributed by atoms with E-state index in [9.17, 15) is 14.3 Å².